The molecular weight excluding hydrogens is 240 g/mol. The Bertz CT molecular complexity index is 482. The zero-order chi connectivity index (χ0) is 13.1. The number of methoxy groups -OCH3 is 1. The third kappa shape index (κ3) is 2.09. The number of phenolic OH excluding ortho intramolecular Hbond substituents is 1. The fraction of sp³-hybridized carbons (Fsp3) is 0.333. The molecule has 6 nitrogen and oxygen atoms in total. The van der Waals surface area contributed by atoms with Gasteiger partial charge >= 0.3 is 5.97 Å². The standard InChI is InChI=1S/C12H12O6/c1-16-10-3-2-8-9(11(10)14)4-7(5-17-6-13)18-12(8)15/h2-3,6-7,14H,4-5H2,1H3/t7-/m0/s1. The third-order valence-corrected chi connectivity index (χ3v) is 2.74. The number of rotatable bonds is 4. The molecule has 0 aliphatic carbocycles. The number of benzene rings is 1. The van der Waals surface area contributed by atoms with Crippen LogP contribution in [-0.2, 0) is 20.7 Å². The number of fused-ring (bicyclic) bond motifs is 1. The average molecular weight is 252 g/mol. The van der Waals surface area contributed by atoms with Gasteiger partial charge in [0.25, 0.3) is 6.47 Å². The zero-order valence-corrected chi connectivity index (χ0v) is 9.71. The number of hydrogen-bond acceptors (Lipinski definition) is 6. The Morgan fingerprint density at radius 2 is 2.33 bits per heavy atom. The molecule has 2 rings (SSSR count). The highest BCUT2D eigenvalue weighted by molar-refractivity contribution is 5.93. The summed E-state index contributed by atoms with van der Waals surface area (Å²) in [6, 6.07) is 3.03. The number of phenols is 1. The van der Waals surface area contributed by atoms with Crippen molar-refractivity contribution in [3.05, 3.63) is 23.3 Å². The number of carbonyl (C=O) groups is 2. The highest BCUT2D eigenvalue weighted by Gasteiger charge is 2.30. The monoisotopic (exact) mass is 252 g/mol. The molecule has 6 heteroatoms. The van der Waals surface area contributed by atoms with Crippen LogP contribution in [0.1, 0.15) is 15.9 Å². The smallest absolute Gasteiger partial charge is 0.338 e. The molecule has 18 heavy (non-hydrogen) atoms. The van der Waals surface area contributed by atoms with Gasteiger partial charge in [0.15, 0.2) is 11.5 Å². The lowest BCUT2D eigenvalue weighted by atomic mass is 9.97. The normalized spacial score (nSPS) is 17.6. The second-order valence-corrected chi connectivity index (χ2v) is 3.80. The topological polar surface area (TPSA) is 82.1 Å². The second-order valence-electron chi connectivity index (χ2n) is 3.80. The Kier molecular flexibility index (Phi) is 3.36. The Hall–Kier alpha value is -2.24. The van der Waals surface area contributed by atoms with Crippen LogP contribution in [0.2, 0.25) is 0 Å². The van der Waals surface area contributed by atoms with Crippen LogP contribution in [0.3, 0.4) is 0 Å². The first-order valence-corrected chi connectivity index (χ1v) is 5.32. The Morgan fingerprint density at radius 1 is 1.56 bits per heavy atom. The maximum absolute atomic E-state index is 11.7. The van der Waals surface area contributed by atoms with E-state index < -0.39 is 12.1 Å². The van der Waals surface area contributed by atoms with Crippen molar-refractivity contribution in [2.24, 2.45) is 0 Å². The first-order valence-electron chi connectivity index (χ1n) is 5.32. The van der Waals surface area contributed by atoms with E-state index in [1.54, 1.807) is 0 Å². The summed E-state index contributed by atoms with van der Waals surface area (Å²) < 4.78 is 14.6. The molecule has 1 N–H and O–H groups in total. The van der Waals surface area contributed by atoms with E-state index in [1.165, 1.54) is 19.2 Å². The lowest BCUT2D eigenvalue weighted by molar-refractivity contribution is -0.131. The molecule has 1 atom stereocenters. The Morgan fingerprint density at radius 3 is 3.00 bits per heavy atom. The molecule has 0 saturated heterocycles. The Labute approximate surface area is 103 Å². The summed E-state index contributed by atoms with van der Waals surface area (Å²) in [7, 11) is 1.43. The quantitative estimate of drug-likeness (QED) is 0.626. The minimum atomic E-state index is -0.590. The fourth-order valence-electron chi connectivity index (χ4n) is 1.90. The first-order chi connectivity index (χ1) is 8.67. The van der Waals surface area contributed by atoms with E-state index >= 15 is 0 Å². The highest BCUT2D eigenvalue weighted by Crippen LogP contribution is 2.36. The van der Waals surface area contributed by atoms with Gasteiger partial charge in [-0.15, -0.1) is 0 Å². The molecule has 0 fully saturated rings. The van der Waals surface area contributed by atoms with Crippen molar-refractivity contribution in [1.82, 2.24) is 0 Å². The van der Waals surface area contributed by atoms with Gasteiger partial charge in [-0.1, -0.05) is 0 Å². The van der Waals surface area contributed by atoms with Crippen LogP contribution in [0.15, 0.2) is 12.1 Å². The molecule has 1 aliphatic heterocycles. The molecule has 1 aromatic rings. The summed E-state index contributed by atoms with van der Waals surface area (Å²) in [6.45, 7) is 0.250. The largest absolute Gasteiger partial charge is 0.504 e. The van der Waals surface area contributed by atoms with Crippen LogP contribution in [-0.4, -0.2) is 37.4 Å². The van der Waals surface area contributed by atoms with Crippen LogP contribution < -0.4 is 4.74 Å². The van der Waals surface area contributed by atoms with Gasteiger partial charge in [0.2, 0.25) is 0 Å². The molecule has 0 unspecified atom stereocenters. The number of ether oxygens (including phenoxy) is 3. The molecule has 1 heterocycles. The van der Waals surface area contributed by atoms with E-state index in [0.717, 1.165) is 0 Å². The van der Waals surface area contributed by atoms with Crippen molar-refractivity contribution in [2.45, 2.75) is 12.5 Å². The van der Waals surface area contributed by atoms with Gasteiger partial charge in [0.05, 0.1) is 12.7 Å². The minimum Gasteiger partial charge on any atom is -0.504 e. The minimum absolute atomic E-state index is 0.0364. The third-order valence-electron chi connectivity index (χ3n) is 2.74. The molecule has 1 aliphatic rings. The zero-order valence-electron chi connectivity index (χ0n) is 9.71. The number of aromatic hydroxyl groups is 1. The van der Waals surface area contributed by atoms with E-state index in [1.807, 2.05) is 0 Å². The molecule has 0 aromatic heterocycles. The SMILES string of the molecule is COc1ccc2c(c1O)C[C@@H](COC=O)OC2=O. The highest BCUT2D eigenvalue weighted by atomic mass is 16.6. The molecule has 96 valence electrons. The lowest BCUT2D eigenvalue weighted by Crippen LogP contribution is -2.31. The van der Waals surface area contributed by atoms with Gasteiger partial charge in [-0.2, -0.15) is 0 Å². The van der Waals surface area contributed by atoms with Crippen LogP contribution in [0.5, 0.6) is 11.5 Å². The summed E-state index contributed by atoms with van der Waals surface area (Å²) in [5.74, 6) is -0.338. The first kappa shape index (κ1) is 12.2. The van der Waals surface area contributed by atoms with Gasteiger partial charge in [0, 0.05) is 12.0 Å². The summed E-state index contributed by atoms with van der Waals surface area (Å²) in [5.41, 5.74) is 0.751. The summed E-state index contributed by atoms with van der Waals surface area (Å²) in [5, 5.41) is 9.95. The van der Waals surface area contributed by atoms with E-state index in [9.17, 15) is 14.7 Å². The van der Waals surface area contributed by atoms with E-state index in [2.05, 4.69) is 4.74 Å². The van der Waals surface area contributed by atoms with E-state index in [0.29, 0.717) is 16.9 Å². The number of hydrogen-bond donors (Lipinski definition) is 1. The van der Waals surface area contributed by atoms with Crippen molar-refractivity contribution in [1.29, 1.82) is 0 Å². The van der Waals surface area contributed by atoms with E-state index in [-0.39, 0.29) is 25.2 Å². The van der Waals surface area contributed by atoms with Crippen LogP contribution in [0.4, 0.5) is 0 Å². The summed E-state index contributed by atoms with van der Waals surface area (Å²) in [4.78, 5) is 21.8. The van der Waals surface area contributed by atoms with Crippen molar-refractivity contribution in [2.75, 3.05) is 13.7 Å². The predicted molar refractivity (Wildman–Crippen MR) is 59.6 cm³/mol. The number of esters is 1. The van der Waals surface area contributed by atoms with Gasteiger partial charge in [-0.25, -0.2) is 4.79 Å². The maximum Gasteiger partial charge on any atom is 0.338 e. The Balaban J connectivity index is 2.32. The van der Waals surface area contributed by atoms with Crippen LogP contribution in [0, 0.1) is 0 Å². The summed E-state index contributed by atoms with van der Waals surface area (Å²) >= 11 is 0. The van der Waals surface area contributed by atoms with E-state index in [4.69, 9.17) is 9.47 Å². The second kappa shape index (κ2) is 4.95. The number of cyclic esters (lactones) is 1. The molecular formula is C12H12O6. The van der Waals surface area contributed by atoms with Crippen LogP contribution >= 0.6 is 0 Å². The number of carbonyl (C=O) groups excluding carboxylic acids is 2. The van der Waals surface area contributed by atoms with Crippen molar-refractivity contribution >= 4 is 12.4 Å². The van der Waals surface area contributed by atoms with Gasteiger partial charge < -0.3 is 19.3 Å². The molecule has 0 saturated carbocycles. The van der Waals surface area contributed by atoms with Crippen molar-refractivity contribution in [3.63, 3.8) is 0 Å². The maximum atomic E-state index is 11.7. The van der Waals surface area contributed by atoms with Crippen LogP contribution in [0.25, 0.3) is 0 Å². The predicted octanol–water partition coefficient (Wildman–Crippen LogP) is 0.655. The molecule has 1 aromatic carbocycles. The van der Waals surface area contributed by atoms with Gasteiger partial charge in [-0.3, -0.25) is 4.79 Å². The average Bonchev–Trinajstić information content (AvgIpc) is 2.37. The van der Waals surface area contributed by atoms with Crippen molar-refractivity contribution < 1.29 is 28.9 Å². The van der Waals surface area contributed by atoms with Crippen molar-refractivity contribution in [3.8, 4) is 11.5 Å². The fourth-order valence-corrected chi connectivity index (χ4v) is 1.90. The van der Waals surface area contributed by atoms with Gasteiger partial charge in [0.1, 0.15) is 12.7 Å². The molecule has 0 bridgehead atoms. The molecule has 0 amide bonds. The molecule has 0 radical (unpaired) electrons. The van der Waals surface area contributed by atoms with Gasteiger partial charge in [-0.05, 0) is 12.1 Å². The summed E-state index contributed by atoms with van der Waals surface area (Å²) in [6.07, 6.45) is -0.314. The lowest BCUT2D eigenvalue weighted by Gasteiger charge is -2.24. The molecule has 0 spiro atoms.